The van der Waals surface area contributed by atoms with Crippen molar-refractivity contribution in [1.82, 2.24) is 10.2 Å². The predicted molar refractivity (Wildman–Crippen MR) is 97.3 cm³/mol. The van der Waals surface area contributed by atoms with Crippen LogP contribution < -0.4 is 10.2 Å². The normalized spacial score (nSPS) is 10.5. The van der Waals surface area contributed by atoms with Gasteiger partial charge in [0.25, 0.3) is 0 Å². The van der Waals surface area contributed by atoms with Gasteiger partial charge in [-0.15, -0.1) is 10.2 Å². The maximum absolute atomic E-state index is 11.6. The van der Waals surface area contributed by atoms with E-state index >= 15 is 0 Å². The second kappa shape index (κ2) is 7.17. The third-order valence-corrected chi connectivity index (χ3v) is 4.01. The molecule has 2 aromatic carbocycles. The summed E-state index contributed by atoms with van der Waals surface area (Å²) in [4.78, 5) is 13.2. The number of carbonyl (C=O) groups is 1. The molecule has 1 amide bonds. The van der Waals surface area contributed by atoms with Crippen LogP contribution in [0.15, 0.2) is 52.9 Å². The molecular weight excluding hydrogens is 316 g/mol. The molecule has 0 aliphatic rings. The zero-order valence-electron chi connectivity index (χ0n) is 14.5. The number of amides is 1. The third-order valence-electron chi connectivity index (χ3n) is 4.01. The lowest BCUT2D eigenvalue weighted by Crippen LogP contribution is -2.23. The van der Waals surface area contributed by atoms with Crippen molar-refractivity contribution in [2.75, 3.05) is 17.3 Å². The molecule has 128 valence electrons. The fourth-order valence-electron chi connectivity index (χ4n) is 2.50. The lowest BCUT2D eigenvalue weighted by atomic mass is 10.1. The minimum atomic E-state index is -0.0334. The summed E-state index contributed by atoms with van der Waals surface area (Å²) in [5.41, 5.74) is 3.64. The highest BCUT2D eigenvalue weighted by molar-refractivity contribution is 5.94. The summed E-state index contributed by atoms with van der Waals surface area (Å²) in [5, 5.41) is 11.5. The van der Waals surface area contributed by atoms with E-state index in [4.69, 9.17) is 4.42 Å². The van der Waals surface area contributed by atoms with Gasteiger partial charge in [0.15, 0.2) is 0 Å². The van der Waals surface area contributed by atoms with Crippen LogP contribution in [0.5, 0.6) is 0 Å². The number of para-hydroxylation sites is 2. The molecule has 0 saturated carbocycles. The predicted octanol–water partition coefficient (Wildman–Crippen LogP) is 3.64. The molecule has 1 N–H and O–H groups in total. The van der Waals surface area contributed by atoms with Gasteiger partial charge in [0.1, 0.15) is 0 Å². The van der Waals surface area contributed by atoms with Crippen molar-refractivity contribution in [3.8, 4) is 11.5 Å². The van der Waals surface area contributed by atoms with Crippen molar-refractivity contribution in [1.29, 1.82) is 0 Å². The molecule has 6 heteroatoms. The number of carbonyl (C=O) groups excluding carboxylic acids is 1. The van der Waals surface area contributed by atoms with Gasteiger partial charge in [-0.2, -0.15) is 0 Å². The van der Waals surface area contributed by atoms with Gasteiger partial charge in [-0.25, -0.2) is 0 Å². The first-order valence-electron chi connectivity index (χ1n) is 8.02. The van der Waals surface area contributed by atoms with Crippen molar-refractivity contribution < 1.29 is 9.21 Å². The Hall–Kier alpha value is -3.15. The Labute approximate surface area is 146 Å². The van der Waals surface area contributed by atoms with E-state index in [1.54, 1.807) is 11.9 Å². The summed E-state index contributed by atoms with van der Waals surface area (Å²) in [6, 6.07) is 15.5. The first kappa shape index (κ1) is 16.7. The van der Waals surface area contributed by atoms with Crippen molar-refractivity contribution in [2.24, 2.45) is 0 Å². The number of nitrogens with one attached hydrogen (secondary N) is 1. The fourth-order valence-corrected chi connectivity index (χ4v) is 2.50. The van der Waals surface area contributed by atoms with Gasteiger partial charge in [-0.1, -0.05) is 30.3 Å². The molecule has 0 aliphatic carbocycles. The first-order chi connectivity index (χ1) is 12.1. The zero-order valence-corrected chi connectivity index (χ0v) is 14.5. The van der Waals surface area contributed by atoms with Crippen LogP contribution in [0, 0.1) is 6.92 Å². The van der Waals surface area contributed by atoms with Crippen LogP contribution in [0.2, 0.25) is 0 Å². The molecule has 6 nitrogen and oxygen atoms in total. The van der Waals surface area contributed by atoms with Gasteiger partial charge in [-0.05, 0) is 30.7 Å². The quantitative estimate of drug-likeness (QED) is 0.770. The van der Waals surface area contributed by atoms with Crippen LogP contribution in [-0.4, -0.2) is 23.2 Å². The average Bonchev–Trinajstić information content (AvgIpc) is 3.08. The van der Waals surface area contributed by atoms with Gasteiger partial charge in [-0.3, -0.25) is 4.79 Å². The zero-order chi connectivity index (χ0) is 17.8. The first-order valence-corrected chi connectivity index (χ1v) is 8.02. The molecule has 1 heterocycles. The van der Waals surface area contributed by atoms with E-state index in [1.807, 2.05) is 55.5 Å². The lowest BCUT2D eigenvalue weighted by Gasteiger charge is -2.19. The fraction of sp³-hybridized carbons (Fsp3) is 0.211. The second-order valence-electron chi connectivity index (χ2n) is 5.76. The monoisotopic (exact) mass is 336 g/mol. The summed E-state index contributed by atoms with van der Waals surface area (Å²) in [5.74, 6) is 0.955. The molecule has 0 radical (unpaired) electrons. The van der Waals surface area contributed by atoms with E-state index < -0.39 is 0 Å². The van der Waals surface area contributed by atoms with E-state index in [0.717, 1.165) is 22.5 Å². The standard InChI is InChI=1S/C19H20N4O2/c1-13-8-4-5-9-15(13)19-22-21-18(25-19)12-20-16-10-6-7-11-17(16)23(3)14(2)24/h4-11,20H,12H2,1-3H3. The Morgan fingerprint density at radius 1 is 1.12 bits per heavy atom. The van der Waals surface area contributed by atoms with Gasteiger partial charge < -0.3 is 14.6 Å². The molecule has 25 heavy (non-hydrogen) atoms. The average molecular weight is 336 g/mol. The third kappa shape index (κ3) is 3.68. The summed E-state index contributed by atoms with van der Waals surface area (Å²) < 4.78 is 5.75. The molecule has 0 fully saturated rings. The van der Waals surface area contributed by atoms with E-state index in [2.05, 4.69) is 15.5 Å². The maximum Gasteiger partial charge on any atom is 0.248 e. The van der Waals surface area contributed by atoms with Gasteiger partial charge in [0, 0.05) is 19.5 Å². The number of benzene rings is 2. The Balaban J connectivity index is 1.76. The van der Waals surface area contributed by atoms with Gasteiger partial charge in [0.05, 0.1) is 17.9 Å². The van der Waals surface area contributed by atoms with E-state index in [-0.39, 0.29) is 5.91 Å². The van der Waals surface area contributed by atoms with Crippen molar-refractivity contribution in [3.63, 3.8) is 0 Å². The molecule has 0 bridgehead atoms. The smallest absolute Gasteiger partial charge is 0.248 e. The number of nitrogens with zero attached hydrogens (tertiary/aromatic N) is 3. The number of hydrogen-bond donors (Lipinski definition) is 1. The molecule has 3 rings (SSSR count). The van der Waals surface area contributed by atoms with Crippen LogP contribution in [0.3, 0.4) is 0 Å². The molecule has 0 atom stereocenters. The topological polar surface area (TPSA) is 71.3 Å². The van der Waals surface area contributed by atoms with E-state index in [1.165, 1.54) is 6.92 Å². The Bertz CT molecular complexity index is 888. The van der Waals surface area contributed by atoms with Crippen LogP contribution >= 0.6 is 0 Å². The highest BCUT2D eigenvalue weighted by Gasteiger charge is 2.13. The van der Waals surface area contributed by atoms with Crippen molar-refractivity contribution >= 4 is 17.3 Å². The number of aryl methyl sites for hydroxylation is 1. The number of anilines is 2. The molecule has 3 aromatic rings. The lowest BCUT2D eigenvalue weighted by molar-refractivity contribution is -0.116. The van der Waals surface area contributed by atoms with Crippen LogP contribution in [0.1, 0.15) is 18.4 Å². The SMILES string of the molecule is CC(=O)N(C)c1ccccc1NCc1nnc(-c2ccccc2C)o1. The maximum atomic E-state index is 11.6. The van der Waals surface area contributed by atoms with Gasteiger partial charge >= 0.3 is 0 Å². The van der Waals surface area contributed by atoms with E-state index in [9.17, 15) is 4.79 Å². The van der Waals surface area contributed by atoms with Crippen LogP contribution in [0.4, 0.5) is 11.4 Å². The molecule has 0 unspecified atom stereocenters. The molecule has 0 spiro atoms. The van der Waals surface area contributed by atoms with Crippen molar-refractivity contribution in [2.45, 2.75) is 20.4 Å². The number of rotatable bonds is 5. The molecule has 0 aliphatic heterocycles. The van der Waals surface area contributed by atoms with Crippen LogP contribution in [0.25, 0.3) is 11.5 Å². The van der Waals surface area contributed by atoms with Crippen molar-refractivity contribution in [3.05, 3.63) is 60.0 Å². The minimum absolute atomic E-state index is 0.0334. The summed E-state index contributed by atoms with van der Waals surface area (Å²) in [7, 11) is 1.74. The Morgan fingerprint density at radius 3 is 2.60 bits per heavy atom. The Kier molecular flexibility index (Phi) is 4.79. The van der Waals surface area contributed by atoms with E-state index in [0.29, 0.717) is 18.3 Å². The molecular formula is C19H20N4O2. The minimum Gasteiger partial charge on any atom is -0.419 e. The second-order valence-corrected chi connectivity index (χ2v) is 5.76. The molecule has 1 aromatic heterocycles. The highest BCUT2D eigenvalue weighted by Crippen LogP contribution is 2.26. The molecule has 0 saturated heterocycles. The van der Waals surface area contributed by atoms with Crippen LogP contribution in [-0.2, 0) is 11.3 Å². The highest BCUT2D eigenvalue weighted by atomic mass is 16.4. The van der Waals surface area contributed by atoms with Gasteiger partial charge in [0.2, 0.25) is 17.7 Å². The Morgan fingerprint density at radius 2 is 1.84 bits per heavy atom. The largest absolute Gasteiger partial charge is 0.419 e. The summed E-state index contributed by atoms with van der Waals surface area (Å²) in [6.07, 6.45) is 0. The number of aromatic nitrogens is 2. The summed E-state index contributed by atoms with van der Waals surface area (Å²) >= 11 is 0. The summed E-state index contributed by atoms with van der Waals surface area (Å²) in [6.45, 7) is 3.91. The number of hydrogen-bond acceptors (Lipinski definition) is 5.